The Bertz CT molecular complexity index is 576. The Kier molecular flexibility index (Phi) is 4.72. The number of hydrogen-bond acceptors (Lipinski definition) is 3. The maximum atomic E-state index is 6.01. The Balaban J connectivity index is 2.43. The molecule has 1 heterocycles. The molecule has 2 aromatic rings. The van der Waals surface area contributed by atoms with Gasteiger partial charge >= 0.3 is 0 Å². The molecule has 2 N–H and O–H groups in total. The minimum Gasteiger partial charge on any atom is -0.383 e. The summed E-state index contributed by atoms with van der Waals surface area (Å²) in [6, 6.07) is 8.60. The van der Waals surface area contributed by atoms with Crippen molar-refractivity contribution in [2.24, 2.45) is 5.92 Å². The van der Waals surface area contributed by atoms with Crippen LogP contribution in [0.15, 0.2) is 30.6 Å². The van der Waals surface area contributed by atoms with Crippen molar-refractivity contribution < 1.29 is 0 Å². The van der Waals surface area contributed by atoms with Gasteiger partial charge in [0.2, 0.25) is 0 Å². The molecule has 0 aliphatic heterocycles. The Morgan fingerprint density at radius 2 is 2.00 bits per heavy atom. The molecule has 0 aliphatic rings. The van der Waals surface area contributed by atoms with E-state index in [0.717, 1.165) is 36.1 Å². The second-order valence-electron chi connectivity index (χ2n) is 5.63. The third-order valence-corrected chi connectivity index (χ3v) is 3.32. The van der Waals surface area contributed by atoms with E-state index in [-0.39, 0.29) is 0 Å². The molecule has 0 saturated heterocycles. The van der Waals surface area contributed by atoms with Gasteiger partial charge in [-0.3, -0.25) is 0 Å². The third-order valence-electron chi connectivity index (χ3n) is 3.32. The summed E-state index contributed by atoms with van der Waals surface area (Å²) in [6.07, 6.45) is 4.59. The summed E-state index contributed by atoms with van der Waals surface area (Å²) in [7, 11) is 0. The Morgan fingerprint density at radius 3 is 2.70 bits per heavy atom. The molecule has 0 radical (unpaired) electrons. The zero-order chi connectivity index (χ0) is 14.5. The molecule has 20 heavy (non-hydrogen) atoms. The van der Waals surface area contributed by atoms with E-state index < -0.39 is 0 Å². The van der Waals surface area contributed by atoms with Crippen molar-refractivity contribution in [1.82, 2.24) is 9.97 Å². The number of rotatable bonds is 5. The van der Waals surface area contributed by atoms with Crippen LogP contribution in [-0.4, -0.2) is 9.97 Å². The number of nitrogens with zero attached hydrogens (tertiary/aromatic N) is 2. The van der Waals surface area contributed by atoms with E-state index in [1.54, 1.807) is 6.33 Å². The molecular weight excluding hydrogens is 246 g/mol. The first-order chi connectivity index (χ1) is 9.61. The van der Waals surface area contributed by atoms with Crippen LogP contribution in [0.2, 0.25) is 0 Å². The highest BCUT2D eigenvalue weighted by Crippen LogP contribution is 2.26. The second kappa shape index (κ2) is 6.51. The molecule has 0 bridgehead atoms. The standard InChI is InChI=1S/C17H23N3/c1-4-6-15-16(19-11-20-17(15)18)14-8-5-7-13(10-14)9-12(2)3/h5,7-8,10-12H,4,6,9H2,1-3H3,(H2,18,19,20). The lowest BCUT2D eigenvalue weighted by atomic mass is 9.97. The van der Waals surface area contributed by atoms with Gasteiger partial charge in [-0.05, 0) is 30.4 Å². The van der Waals surface area contributed by atoms with Crippen LogP contribution in [0.5, 0.6) is 0 Å². The molecule has 0 spiro atoms. The Labute approximate surface area is 121 Å². The van der Waals surface area contributed by atoms with E-state index >= 15 is 0 Å². The summed E-state index contributed by atoms with van der Waals surface area (Å²) in [5.41, 5.74) is 10.5. The largest absolute Gasteiger partial charge is 0.383 e. The summed E-state index contributed by atoms with van der Waals surface area (Å²) in [6.45, 7) is 6.61. The van der Waals surface area contributed by atoms with E-state index in [0.29, 0.717) is 11.7 Å². The predicted molar refractivity (Wildman–Crippen MR) is 84.4 cm³/mol. The first-order valence-corrected chi connectivity index (χ1v) is 7.30. The second-order valence-corrected chi connectivity index (χ2v) is 5.63. The van der Waals surface area contributed by atoms with E-state index in [9.17, 15) is 0 Å². The Hall–Kier alpha value is -1.90. The number of aromatic nitrogens is 2. The van der Waals surface area contributed by atoms with E-state index in [1.807, 2.05) is 0 Å². The minimum absolute atomic E-state index is 0.603. The highest BCUT2D eigenvalue weighted by Gasteiger charge is 2.11. The van der Waals surface area contributed by atoms with Crippen molar-refractivity contribution >= 4 is 5.82 Å². The van der Waals surface area contributed by atoms with Crippen molar-refractivity contribution in [2.75, 3.05) is 5.73 Å². The monoisotopic (exact) mass is 269 g/mol. The zero-order valence-corrected chi connectivity index (χ0v) is 12.6. The normalized spacial score (nSPS) is 11.0. The lowest BCUT2D eigenvalue weighted by Crippen LogP contribution is -2.03. The molecule has 1 aromatic carbocycles. The first-order valence-electron chi connectivity index (χ1n) is 7.30. The molecule has 3 nitrogen and oxygen atoms in total. The number of hydrogen-bond donors (Lipinski definition) is 1. The van der Waals surface area contributed by atoms with Crippen molar-refractivity contribution in [3.63, 3.8) is 0 Å². The summed E-state index contributed by atoms with van der Waals surface area (Å²) in [4.78, 5) is 8.58. The highest BCUT2D eigenvalue weighted by atomic mass is 14.9. The van der Waals surface area contributed by atoms with Crippen LogP contribution in [0.3, 0.4) is 0 Å². The summed E-state index contributed by atoms with van der Waals surface area (Å²) in [5, 5.41) is 0. The molecule has 0 saturated carbocycles. The number of nitrogens with two attached hydrogens (primary N) is 1. The molecule has 3 heteroatoms. The fraction of sp³-hybridized carbons (Fsp3) is 0.412. The van der Waals surface area contributed by atoms with Gasteiger partial charge in [-0.25, -0.2) is 9.97 Å². The van der Waals surface area contributed by atoms with Crippen LogP contribution >= 0.6 is 0 Å². The zero-order valence-electron chi connectivity index (χ0n) is 12.6. The number of nitrogen functional groups attached to an aromatic ring is 1. The fourth-order valence-electron chi connectivity index (χ4n) is 2.49. The average Bonchev–Trinajstić information content (AvgIpc) is 2.41. The van der Waals surface area contributed by atoms with E-state index in [1.165, 1.54) is 5.56 Å². The van der Waals surface area contributed by atoms with Crippen LogP contribution < -0.4 is 5.73 Å². The molecule has 0 unspecified atom stereocenters. The van der Waals surface area contributed by atoms with Gasteiger partial charge in [-0.1, -0.05) is 45.4 Å². The Morgan fingerprint density at radius 1 is 1.20 bits per heavy atom. The number of anilines is 1. The maximum Gasteiger partial charge on any atom is 0.130 e. The van der Waals surface area contributed by atoms with Gasteiger partial charge in [0.1, 0.15) is 12.1 Å². The van der Waals surface area contributed by atoms with E-state index in [4.69, 9.17) is 5.73 Å². The van der Waals surface area contributed by atoms with Gasteiger partial charge in [0.05, 0.1) is 5.69 Å². The molecule has 0 atom stereocenters. The third kappa shape index (κ3) is 3.35. The highest BCUT2D eigenvalue weighted by molar-refractivity contribution is 5.67. The quantitative estimate of drug-likeness (QED) is 0.896. The lowest BCUT2D eigenvalue weighted by Gasteiger charge is -2.11. The van der Waals surface area contributed by atoms with Gasteiger partial charge in [0.15, 0.2) is 0 Å². The topological polar surface area (TPSA) is 51.8 Å². The average molecular weight is 269 g/mol. The molecular formula is C17H23N3. The van der Waals surface area contributed by atoms with Crippen LogP contribution in [-0.2, 0) is 12.8 Å². The molecule has 2 rings (SSSR count). The van der Waals surface area contributed by atoms with Gasteiger partial charge in [-0.2, -0.15) is 0 Å². The number of benzene rings is 1. The molecule has 0 amide bonds. The van der Waals surface area contributed by atoms with Crippen LogP contribution in [0.4, 0.5) is 5.82 Å². The van der Waals surface area contributed by atoms with Crippen LogP contribution in [0.1, 0.15) is 38.3 Å². The van der Waals surface area contributed by atoms with Crippen molar-refractivity contribution in [3.8, 4) is 11.3 Å². The van der Waals surface area contributed by atoms with Crippen molar-refractivity contribution in [2.45, 2.75) is 40.0 Å². The fourth-order valence-corrected chi connectivity index (χ4v) is 2.49. The minimum atomic E-state index is 0.603. The maximum absolute atomic E-state index is 6.01. The molecule has 1 aromatic heterocycles. The van der Waals surface area contributed by atoms with Gasteiger partial charge in [-0.15, -0.1) is 0 Å². The van der Waals surface area contributed by atoms with Gasteiger partial charge < -0.3 is 5.73 Å². The molecule has 0 fully saturated rings. The predicted octanol–water partition coefficient (Wildman–Crippen LogP) is 3.88. The lowest BCUT2D eigenvalue weighted by molar-refractivity contribution is 0.647. The summed E-state index contributed by atoms with van der Waals surface area (Å²) >= 11 is 0. The van der Waals surface area contributed by atoms with Crippen LogP contribution in [0.25, 0.3) is 11.3 Å². The van der Waals surface area contributed by atoms with Crippen molar-refractivity contribution in [3.05, 3.63) is 41.7 Å². The molecule has 0 aliphatic carbocycles. The van der Waals surface area contributed by atoms with Crippen molar-refractivity contribution in [1.29, 1.82) is 0 Å². The molecule has 106 valence electrons. The van der Waals surface area contributed by atoms with E-state index in [2.05, 4.69) is 55.0 Å². The smallest absolute Gasteiger partial charge is 0.130 e. The van der Waals surface area contributed by atoms with Crippen LogP contribution in [0, 0.1) is 5.92 Å². The first kappa shape index (κ1) is 14.5. The SMILES string of the molecule is CCCc1c(N)ncnc1-c1cccc(CC(C)C)c1. The van der Waals surface area contributed by atoms with Gasteiger partial charge in [0.25, 0.3) is 0 Å². The summed E-state index contributed by atoms with van der Waals surface area (Å²) in [5.74, 6) is 1.25. The van der Waals surface area contributed by atoms with Gasteiger partial charge in [0, 0.05) is 11.1 Å². The summed E-state index contributed by atoms with van der Waals surface area (Å²) < 4.78 is 0.